The van der Waals surface area contributed by atoms with Crippen LogP contribution in [0.1, 0.15) is 22.3 Å². The van der Waals surface area contributed by atoms with Crippen molar-refractivity contribution in [3.8, 4) is 0 Å². The summed E-state index contributed by atoms with van der Waals surface area (Å²) in [7, 11) is 3.25. The van der Waals surface area contributed by atoms with Crippen LogP contribution in [-0.4, -0.2) is 61.5 Å². The lowest BCUT2D eigenvalue weighted by atomic mass is 10.1. The predicted molar refractivity (Wildman–Crippen MR) is 83.4 cm³/mol. The van der Waals surface area contributed by atoms with Gasteiger partial charge in [0.05, 0.1) is 24.3 Å². The first-order chi connectivity index (χ1) is 11.0. The second-order valence-electron chi connectivity index (χ2n) is 5.52. The summed E-state index contributed by atoms with van der Waals surface area (Å²) in [6.07, 6.45) is 0.779. The molecule has 2 amide bonds. The molecule has 0 spiro atoms. The quantitative estimate of drug-likeness (QED) is 0.825. The number of nitrogens with one attached hydrogen (secondary N) is 1. The molecule has 23 heavy (non-hydrogen) atoms. The summed E-state index contributed by atoms with van der Waals surface area (Å²) in [5.41, 5.74) is 1.07. The van der Waals surface area contributed by atoms with Crippen LogP contribution < -0.4 is 5.32 Å². The van der Waals surface area contributed by atoms with Crippen LogP contribution >= 0.6 is 0 Å². The Kier molecular flexibility index (Phi) is 5.95. The number of aromatic carboxylic acids is 1. The van der Waals surface area contributed by atoms with Crippen LogP contribution in [0.25, 0.3) is 0 Å². The van der Waals surface area contributed by atoms with Gasteiger partial charge >= 0.3 is 12.0 Å². The molecule has 1 fully saturated rings. The summed E-state index contributed by atoms with van der Waals surface area (Å²) in [6.45, 7) is 1.35. The normalized spacial score (nSPS) is 20.5. The number of nitrogens with zero attached hydrogens (tertiary/aromatic N) is 1. The van der Waals surface area contributed by atoms with Crippen molar-refractivity contribution in [2.75, 3.05) is 27.4 Å². The molecule has 0 aliphatic carbocycles. The number of rotatable bonds is 6. The molecule has 2 N–H and O–H groups in total. The molecule has 1 aliphatic heterocycles. The molecule has 2 rings (SSSR count). The molecule has 0 radical (unpaired) electrons. The van der Waals surface area contributed by atoms with Crippen molar-refractivity contribution < 1.29 is 24.2 Å². The van der Waals surface area contributed by atoms with Crippen LogP contribution in [0, 0.1) is 0 Å². The van der Waals surface area contributed by atoms with Crippen molar-refractivity contribution in [1.29, 1.82) is 0 Å². The van der Waals surface area contributed by atoms with Crippen molar-refractivity contribution in [2.45, 2.75) is 25.1 Å². The van der Waals surface area contributed by atoms with E-state index >= 15 is 0 Å². The van der Waals surface area contributed by atoms with Crippen molar-refractivity contribution >= 4 is 12.0 Å². The minimum atomic E-state index is -0.967. The maximum Gasteiger partial charge on any atom is 0.335 e. The largest absolute Gasteiger partial charge is 0.478 e. The van der Waals surface area contributed by atoms with Gasteiger partial charge in [0.15, 0.2) is 0 Å². The molecule has 0 unspecified atom stereocenters. The third-order valence-electron chi connectivity index (χ3n) is 3.97. The Labute approximate surface area is 135 Å². The summed E-state index contributed by atoms with van der Waals surface area (Å²) < 4.78 is 10.5. The fourth-order valence-electron chi connectivity index (χ4n) is 2.69. The molecular formula is C16H22N2O5. The molecule has 7 heteroatoms. The summed E-state index contributed by atoms with van der Waals surface area (Å²) in [4.78, 5) is 24.9. The smallest absolute Gasteiger partial charge is 0.335 e. The standard InChI is InChI=1S/C16H22N2O5/c1-22-10-13-7-14(23-2)9-18(13)16(21)17-8-11-3-5-12(6-4-11)15(19)20/h3-6,13-14H,7-10H2,1-2H3,(H,17,21)(H,19,20)/t13-,14+/m0/s1. The number of carbonyl (C=O) groups is 2. The van der Waals surface area contributed by atoms with Crippen molar-refractivity contribution in [2.24, 2.45) is 0 Å². The molecule has 1 aliphatic rings. The second-order valence-corrected chi connectivity index (χ2v) is 5.52. The fraction of sp³-hybridized carbons (Fsp3) is 0.500. The lowest BCUT2D eigenvalue weighted by Gasteiger charge is -2.24. The Hall–Kier alpha value is -2.12. The van der Waals surface area contributed by atoms with E-state index < -0.39 is 5.97 Å². The van der Waals surface area contributed by atoms with Crippen LogP contribution in [0.15, 0.2) is 24.3 Å². The highest BCUT2D eigenvalue weighted by Gasteiger charge is 2.35. The van der Waals surface area contributed by atoms with E-state index in [0.717, 1.165) is 12.0 Å². The van der Waals surface area contributed by atoms with Gasteiger partial charge in [0.1, 0.15) is 0 Å². The van der Waals surface area contributed by atoms with Gasteiger partial charge in [-0.3, -0.25) is 0 Å². The summed E-state index contributed by atoms with van der Waals surface area (Å²) in [6, 6.07) is 6.26. The SMILES string of the molecule is COC[C@@H]1C[C@@H](OC)CN1C(=O)NCc1ccc(C(=O)O)cc1. The molecule has 0 bridgehead atoms. The minimum Gasteiger partial charge on any atom is -0.478 e. The topological polar surface area (TPSA) is 88.1 Å². The maximum absolute atomic E-state index is 12.4. The van der Waals surface area contributed by atoms with Gasteiger partial charge in [-0.2, -0.15) is 0 Å². The summed E-state index contributed by atoms with van der Waals surface area (Å²) in [5.74, 6) is -0.967. The lowest BCUT2D eigenvalue weighted by Crippen LogP contribution is -2.44. The second kappa shape index (κ2) is 7.94. The van der Waals surface area contributed by atoms with Crippen LogP contribution in [0.3, 0.4) is 0 Å². The zero-order valence-corrected chi connectivity index (χ0v) is 13.3. The first kappa shape index (κ1) is 17.2. The van der Waals surface area contributed by atoms with Crippen LogP contribution in [0.4, 0.5) is 4.79 Å². The number of benzene rings is 1. The number of ether oxygens (including phenoxy) is 2. The van der Waals surface area contributed by atoms with Gasteiger partial charge in [0.2, 0.25) is 0 Å². The Bertz CT molecular complexity index is 546. The number of hydrogen-bond donors (Lipinski definition) is 2. The van der Waals surface area contributed by atoms with E-state index in [1.165, 1.54) is 12.1 Å². The molecule has 0 saturated carbocycles. The Balaban J connectivity index is 1.91. The van der Waals surface area contributed by atoms with E-state index in [9.17, 15) is 9.59 Å². The van der Waals surface area contributed by atoms with Crippen molar-refractivity contribution in [3.63, 3.8) is 0 Å². The van der Waals surface area contributed by atoms with E-state index in [1.54, 1.807) is 31.3 Å². The predicted octanol–water partition coefficient (Wildman–Crippen LogP) is 1.33. The van der Waals surface area contributed by atoms with Gasteiger partial charge in [-0.05, 0) is 24.1 Å². The molecular weight excluding hydrogens is 300 g/mol. The van der Waals surface area contributed by atoms with E-state index in [4.69, 9.17) is 14.6 Å². The Morgan fingerprint density at radius 2 is 2.00 bits per heavy atom. The highest BCUT2D eigenvalue weighted by Crippen LogP contribution is 2.20. The Morgan fingerprint density at radius 1 is 1.30 bits per heavy atom. The molecule has 7 nitrogen and oxygen atoms in total. The number of methoxy groups -OCH3 is 2. The first-order valence-electron chi connectivity index (χ1n) is 7.43. The number of hydrogen-bond acceptors (Lipinski definition) is 4. The van der Waals surface area contributed by atoms with Crippen LogP contribution in [0.2, 0.25) is 0 Å². The molecule has 0 aromatic heterocycles. The lowest BCUT2D eigenvalue weighted by molar-refractivity contribution is 0.0697. The molecule has 126 valence electrons. The van der Waals surface area contributed by atoms with Gasteiger partial charge in [-0.1, -0.05) is 12.1 Å². The third kappa shape index (κ3) is 4.43. The van der Waals surface area contributed by atoms with E-state index in [0.29, 0.717) is 19.7 Å². The van der Waals surface area contributed by atoms with Gasteiger partial charge < -0.3 is 24.8 Å². The molecule has 1 aromatic carbocycles. The van der Waals surface area contributed by atoms with E-state index in [-0.39, 0.29) is 23.7 Å². The minimum absolute atomic E-state index is 0.000614. The highest BCUT2D eigenvalue weighted by atomic mass is 16.5. The highest BCUT2D eigenvalue weighted by molar-refractivity contribution is 5.87. The molecule has 1 saturated heterocycles. The van der Waals surface area contributed by atoms with E-state index in [2.05, 4.69) is 5.32 Å². The van der Waals surface area contributed by atoms with Crippen molar-refractivity contribution in [3.05, 3.63) is 35.4 Å². The van der Waals surface area contributed by atoms with Crippen LogP contribution in [0.5, 0.6) is 0 Å². The molecule has 1 heterocycles. The van der Waals surface area contributed by atoms with Gasteiger partial charge in [-0.15, -0.1) is 0 Å². The average molecular weight is 322 g/mol. The monoisotopic (exact) mass is 322 g/mol. The van der Waals surface area contributed by atoms with Crippen molar-refractivity contribution in [1.82, 2.24) is 10.2 Å². The number of amides is 2. The number of carbonyl (C=O) groups excluding carboxylic acids is 1. The third-order valence-corrected chi connectivity index (χ3v) is 3.97. The number of carboxylic acids is 1. The van der Waals surface area contributed by atoms with E-state index in [1.807, 2.05) is 0 Å². The van der Waals surface area contributed by atoms with Gasteiger partial charge in [0, 0.05) is 27.3 Å². The zero-order valence-electron chi connectivity index (χ0n) is 13.3. The summed E-state index contributed by atoms with van der Waals surface area (Å²) in [5, 5.41) is 11.7. The first-order valence-corrected chi connectivity index (χ1v) is 7.43. The summed E-state index contributed by atoms with van der Waals surface area (Å²) >= 11 is 0. The number of likely N-dealkylation sites (tertiary alicyclic amines) is 1. The fourth-order valence-corrected chi connectivity index (χ4v) is 2.69. The number of urea groups is 1. The molecule has 2 atom stereocenters. The Morgan fingerprint density at radius 3 is 2.57 bits per heavy atom. The van der Waals surface area contributed by atoms with Gasteiger partial charge in [-0.25, -0.2) is 9.59 Å². The zero-order chi connectivity index (χ0) is 16.8. The average Bonchev–Trinajstić information content (AvgIpc) is 2.96. The molecule has 1 aromatic rings. The number of carboxylic acid groups (broad SMARTS) is 1. The van der Waals surface area contributed by atoms with Crippen LogP contribution in [-0.2, 0) is 16.0 Å². The maximum atomic E-state index is 12.4. The van der Waals surface area contributed by atoms with Gasteiger partial charge in [0.25, 0.3) is 0 Å².